The van der Waals surface area contributed by atoms with Crippen molar-refractivity contribution in [1.82, 2.24) is 10.2 Å². The number of aliphatic hydroxyl groups excluding tert-OH is 1. The van der Waals surface area contributed by atoms with E-state index in [-0.39, 0.29) is 11.5 Å². The van der Waals surface area contributed by atoms with Gasteiger partial charge < -0.3 is 15.2 Å². The maximum atomic E-state index is 10.3. The fraction of sp³-hybridized carbons (Fsp3) is 0.400. The van der Waals surface area contributed by atoms with Gasteiger partial charge in [0.1, 0.15) is 11.7 Å². The van der Waals surface area contributed by atoms with Gasteiger partial charge in [-0.25, -0.2) is 0 Å². The van der Waals surface area contributed by atoms with Gasteiger partial charge in [0, 0.05) is 4.91 Å². The summed E-state index contributed by atoms with van der Waals surface area (Å²) >= 11 is 0. The van der Waals surface area contributed by atoms with Crippen molar-refractivity contribution in [3.63, 3.8) is 0 Å². The molecule has 0 spiro atoms. The highest BCUT2D eigenvalue weighted by molar-refractivity contribution is 5.23. The van der Waals surface area contributed by atoms with Crippen molar-refractivity contribution in [3.8, 4) is 0 Å². The summed E-state index contributed by atoms with van der Waals surface area (Å²) in [5.41, 5.74) is 8.26. The van der Waals surface area contributed by atoms with Gasteiger partial charge in [-0.1, -0.05) is 10.2 Å². The molecule has 1 heterocycles. The molecule has 1 rings (SSSR count). The largest absolute Gasteiger partial charge is 0.396 e. The highest BCUT2D eigenvalue weighted by Crippen LogP contribution is 2.18. The number of nitrogens with zero attached hydrogens (tertiary/aromatic N) is 5. The fourth-order valence-electron chi connectivity index (χ4n) is 0.842. The van der Waals surface area contributed by atoms with Crippen molar-refractivity contribution in [3.05, 3.63) is 32.3 Å². The number of H-pyrrole nitrogens is 1. The standard InChI is InChI=1S/C5H6N6O3/c6-10-8-4(2-12)3-1-5(9-7-3)11(13)14/h1,4,12H,2H2,(H,7,9). The van der Waals surface area contributed by atoms with E-state index in [0.29, 0.717) is 0 Å². The molecule has 1 aromatic rings. The third-order valence-corrected chi connectivity index (χ3v) is 1.49. The Bertz CT molecular complexity index is 381. The molecular weight excluding hydrogens is 192 g/mol. The maximum Gasteiger partial charge on any atom is 0.342 e. The second-order valence-electron chi connectivity index (χ2n) is 2.34. The number of rotatable bonds is 4. The van der Waals surface area contributed by atoms with Crippen molar-refractivity contribution < 1.29 is 10.0 Å². The molecule has 1 unspecified atom stereocenters. The van der Waals surface area contributed by atoms with Crippen LogP contribution in [0.5, 0.6) is 0 Å². The summed E-state index contributed by atoms with van der Waals surface area (Å²) in [6, 6.07) is 0.209. The van der Waals surface area contributed by atoms with Gasteiger partial charge in [-0.3, -0.25) is 0 Å². The van der Waals surface area contributed by atoms with E-state index in [1.807, 2.05) is 0 Å². The monoisotopic (exact) mass is 198 g/mol. The molecule has 1 atom stereocenters. The van der Waals surface area contributed by atoms with Crippen LogP contribution in [0.15, 0.2) is 11.2 Å². The molecular formula is C5H6N6O3. The average molecular weight is 198 g/mol. The minimum atomic E-state index is -0.898. The normalized spacial score (nSPS) is 11.8. The van der Waals surface area contributed by atoms with E-state index >= 15 is 0 Å². The molecule has 2 N–H and O–H groups in total. The van der Waals surface area contributed by atoms with Crippen molar-refractivity contribution in [1.29, 1.82) is 0 Å². The first-order chi connectivity index (χ1) is 6.69. The number of hydrogen-bond acceptors (Lipinski definition) is 5. The van der Waals surface area contributed by atoms with E-state index < -0.39 is 17.6 Å². The van der Waals surface area contributed by atoms with Gasteiger partial charge in [0.2, 0.25) is 0 Å². The lowest BCUT2D eigenvalue weighted by atomic mass is 10.2. The Labute approximate surface area is 77.1 Å². The SMILES string of the molecule is [N-]=[N+]=NC(CO)c1cc([N+](=O)[O-])[nH]n1. The number of aromatic amines is 1. The summed E-state index contributed by atoms with van der Waals surface area (Å²) in [4.78, 5) is 12.1. The van der Waals surface area contributed by atoms with Gasteiger partial charge in [-0.15, -0.1) is 5.10 Å². The Morgan fingerprint density at radius 3 is 3.07 bits per heavy atom. The van der Waals surface area contributed by atoms with Crippen LogP contribution in [-0.4, -0.2) is 26.8 Å². The van der Waals surface area contributed by atoms with Crippen molar-refractivity contribution in [2.45, 2.75) is 6.04 Å². The van der Waals surface area contributed by atoms with Crippen LogP contribution in [0.1, 0.15) is 11.7 Å². The summed E-state index contributed by atoms with van der Waals surface area (Å²) < 4.78 is 0. The highest BCUT2D eigenvalue weighted by atomic mass is 16.6. The molecule has 0 aromatic carbocycles. The molecule has 0 aliphatic heterocycles. The molecule has 9 nitrogen and oxygen atoms in total. The summed E-state index contributed by atoms with van der Waals surface area (Å²) in [6.45, 7) is -0.452. The molecule has 0 aliphatic carbocycles. The molecule has 0 radical (unpaired) electrons. The minimum absolute atomic E-state index is 0.136. The molecule has 1 aromatic heterocycles. The lowest BCUT2D eigenvalue weighted by molar-refractivity contribution is -0.389. The lowest BCUT2D eigenvalue weighted by Crippen LogP contribution is -2.00. The predicted molar refractivity (Wildman–Crippen MR) is 44.2 cm³/mol. The van der Waals surface area contributed by atoms with Crippen molar-refractivity contribution in [2.24, 2.45) is 5.11 Å². The van der Waals surface area contributed by atoms with Gasteiger partial charge in [-0.05, 0) is 10.5 Å². The van der Waals surface area contributed by atoms with Crippen LogP contribution in [0.2, 0.25) is 0 Å². The predicted octanol–water partition coefficient (Wildman–Crippen LogP) is 0.662. The summed E-state index contributed by atoms with van der Waals surface area (Å²) in [5.74, 6) is -0.313. The molecule has 0 saturated carbocycles. The van der Waals surface area contributed by atoms with Gasteiger partial charge in [0.25, 0.3) is 0 Å². The molecule has 74 valence electrons. The van der Waals surface area contributed by atoms with Gasteiger partial charge >= 0.3 is 5.82 Å². The molecule has 14 heavy (non-hydrogen) atoms. The topological polar surface area (TPSA) is 141 Å². The summed E-state index contributed by atoms with van der Waals surface area (Å²) in [6.07, 6.45) is 0. The Morgan fingerprint density at radius 1 is 1.93 bits per heavy atom. The first-order valence-electron chi connectivity index (χ1n) is 3.53. The van der Waals surface area contributed by atoms with E-state index in [4.69, 9.17) is 10.6 Å². The van der Waals surface area contributed by atoms with Crippen molar-refractivity contribution in [2.75, 3.05) is 6.61 Å². The van der Waals surface area contributed by atoms with E-state index in [1.165, 1.54) is 0 Å². The van der Waals surface area contributed by atoms with E-state index in [2.05, 4.69) is 20.2 Å². The lowest BCUT2D eigenvalue weighted by Gasteiger charge is -1.99. The van der Waals surface area contributed by atoms with E-state index in [1.54, 1.807) is 0 Å². The van der Waals surface area contributed by atoms with Crippen molar-refractivity contribution >= 4 is 5.82 Å². The first-order valence-corrected chi connectivity index (χ1v) is 3.53. The quantitative estimate of drug-likeness (QED) is 0.241. The zero-order valence-corrected chi connectivity index (χ0v) is 6.86. The molecule has 9 heteroatoms. The second-order valence-corrected chi connectivity index (χ2v) is 2.34. The van der Waals surface area contributed by atoms with Gasteiger partial charge in [-0.2, -0.15) is 0 Å². The Morgan fingerprint density at radius 2 is 2.64 bits per heavy atom. The molecule has 0 saturated heterocycles. The van der Waals surface area contributed by atoms with Crippen LogP contribution < -0.4 is 0 Å². The number of nitro groups is 1. The van der Waals surface area contributed by atoms with Crippen LogP contribution in [-0.2, 0) is 0 Å². The van der Waals surface area contributed by atoms with Crippen LogP contribution in [0, 0.1) is 10.1 Å². The van der Waals surface area contributed by atoms with Crippen LogP contribution in [0.25, 0.3) is 10.4 Å². The molecule has 0 fully saturated rings. The van der Waals surface area contributed by atoms with E-state index in [9.17, 15) is 10.1 Å². The van der Waals surface area contributed by atoms with Gasteiger partial charge in [0.05, 0.1) is 12.7 Å². The summed E-state index contributed by atoms with van der Waals surface area (Å²) in [5, 5.41) is 27.9. The Balaban J connectivity index is 2.94. The van der Waals surface area contributed by atoms with E-state index in [0.717, 1.165) is 6.07 Å². The molecule has 0 aliphatic rings. The Kier molecular flexibility index (Phi) is 3.00. The second kappa shape index (κ2) is 4.21. The van der Waals surface area contributed by atoms with Crippen LogP contribution >= 0.6 is 0 Å². The third-order valence-electron chi connectivity index (χ3n) is 1.49. The summed E-state index contributed by atoms with van der Waals surface area (Å²) in [7, 11) is 0. The first kappa shape index (κ1) is 9.96. The molecule has 0 amide bonds. The molecule has 0 bridgehead atoms. The fourth-order valence-corrected chi connectivity index (χ4v) is 0.842. The highest BCUT2D eigenvalue weighted by Gasteiger charge is 2.17. The van der Waals surface area contributed by atoms with Gasteiger partial charge in [0.15, 0.2) is 0 Å². The average Bonchev–Trinajstić information content (AvgIpc) is 2.63. The number of aliphatic hydroxyl groups is 1. The van der Waals surface area contributed by atoms with Crippen LogP contribution in [0.3, 0.4) is 0 Å². The zero-order chi connectivity index (χ0) is 10.6. The number of aromatic nitrogens is 2. The zero-order valence-electron chi connectivity index (χ0n) is 6.86. The smallest absolute Gasteiger partial charge is 0.342 e. The number of nitrogens with one attached hydrogen (secondary N) is 1. The Hall–Kier alpha value is -2.12. The maximum absolute atomic E-state index is 10.3. The number of hydrogen-bond donors (Lipinski definition) is 2. The number of azide groups is 1. The third kappa shape index (κ3) is 1.97. The minimum Gasteiger partial charge on any atom is -0.396 e. The van der Waals surface area contributed by atoms with Crippen LogP contribution in [0.4, 0.5) is 5.82 Å².